The zero-order chi connectivity index (χ0) is 108. The number of carbonyl (C=O) groups excluding carboxylic acids is 9. The number of halogens is 5. The van der Waals surface area contributed by atoms with Crippen LogP contribution in [0.15, 0.2) is 276 Å². The summed E-state index contributed by atoms with van der Waals surface area (Å²) >= 11 is 25.6. The van der Waals surface area contributed by atoms with Gasteiger partial charge >= 0.3 is 18.3 Å². The number of thiazole rings is 3. The summed E-state index contributed by atoms with van der Waals surface area (Å²) in [5.74, 6) is -2.96. The van der Waals surface area contributed by atoms with Crippen molar-refractivity contribution in [2.45, 2.75) is 155 Å². The standard InChI is InChI=1S/C28H25N5O6S2.C23H17N5O4S2.C18H12ClN3O4S2.C11H16N2O2.C10H13BrN2O2.C5H5BrN2.C4H8O.CH2Cl2.CH4/c1-28(2,3)39-27(36)32-17-9-10-20(29-13-17)26-31-15-18(40-26)14-30-24(34)16-8-11-23-21(12-16)33-25(35)19-6-4-5-7-22(19)41(23,37)38;24-14-6-7-17(25-10-14)23-27-12-15(33-23)11-26-21(29)13-5-8-20-18(9-13)28-22(30)16-3-1-2-4-19(16)34(20,31)32;19-18-21-9-11(27-18)8-20-16(23)10-5-6-15-13(7-10)22-17(24)12-3-1-2-4-14(12)28(15,25)26;1-8-5-6-9(7-12-8)13-10(14)15-11(2,3)4;1-10(2,3)15-9(14)13-7-4-5-8(11)12-6-7;6-5-2-1-4(7)3-8-5;1-2-4-5-3-1;2-1-3;/h4-13,15H,14H2,1-3H3,(H,30,34)(H,32,36)(H,33,35);1-10,12H,11,24H2,(H,26,29)(H,28,30);1-7,9H,8H2,(H,20,23)(H,22,24);5-7H,1-4H3,(H,13,14);4-6H,1-3H3,(H,13,14);1-3H,7H2;1-4H2;1H2;1H4. The molecule has 8 aromatic heterocycles. The van der Waals surface area contributed by atoms with Gasteiger partial charge in [0.05, 0.1) is 159 Å². The number of alkyl halides is 2. The van der Waals surface area contributed by atoms with Crippen LogP contribution in [0.4, 0.5) is 59.9 Å². The highest BCUT2D eigenvalue weighted by molar-refractivity contribution is 9.10. The van der Waals surface area contributed by atoms with Crippen LogP contribution >= 0.6 is 101 Å². The van der Waals surface area contributed by atoms with Crippen LogP contribution in [0.5, 0.6) is 0 Å². The predicted octanol–water partition coefficient (Wildman–Crippen LogP) is 21.3. The lowest BCUT2D eigenvalue weighted by Gasteiger charge is -2.19. The van der Waals surface area contributed by atoms with E-state index in [1.807, 2.05) is 54.5 Å². The minimum Gasteiger partial charge on any atom is -0.444 e. The summed E-state index contributed by atoms with van der Waals surface area (Å²) in [6.45, 7) is 20.7. The van der Waals surface area contributed by atoms with Crippen molar-refractivity contribution in [3.8, 4) is 21.4 Å². The molecular weight excluding hydrogens is 2240 g/mol. The second-order valence-corrected chi connectivity index (χ2v) is 46.6. The molecule has 4 aliphatic heterocycles. The van der Waals surface area contributed by atoms with Crippen LogP contribution in [0, 0.1) is 6.92 Å². The Balaban J connectivity index is 0.000000191. The van der Waals surface area contributed by atoms with E-state index in [0.717, 1.165) is 42.7 Å². The summed E-state index contributed by atoms with van der Waals surface area (Å²) in [7, 11) is -11.8. The molecule has 13 N–H and O–H groups in total. The number of pyridine rings is 5. The molecule has 0 saturated carbocycles. The Kier molecular flexibility index (Phi) is 41.8. The Bertz CT molecular complexity index is 7470. The van der Waals surface area contributed by atoms with E-state index in [1.165, 1.54) is 144 Å². The highest BCUT2D eigenvalue weighted by Crippen LogP contribution is 2.39. The van der Waals surface area contributed by atoms with Crippen molar-refractivity contribution < 1.29 is 87.4 Å². The third kappa shape index (κ3) is 34.4. The maximum Gasteiger partial charge on any atom is 0.412 e. The van der Waals surface area contributed by atoms with Crippen LogP contribution in [0.1, 0.15) is 165 Å². The van der Waals surface area contributed by atoms with E-state index in [2.05, 4.69) is 120 Å². The quantitative estimate of drug-likeness (QED) is 0.0274. The Morgan fingerprint density at radius 2 is 0.713 bits per heavy atom. The lowest BCUT2D eigenvalue weighted by molar-refractivity contribution is 0.0624. The van der Waals surface area contributed by atoms with Gasteiger partial charge in [-0.1, -0.05) is 55.4 Å². The van der Waals surface area contributed by atoms with Gasteiger partial charge in [0.1, 0.15) is 36.0 Å². The van der Waals surface area contributed by atoms with Gasteiger partial charge in [-0.15, -0.1) is 57.2 Å². The fourth-order valence-electron chi connectivity index (χ4n) is 13.1. The molecule has 6 aromatic carbocycles. The van der Waals surface area contributed by atoms with Crippen LogP contribution in [0.3, 0.4) is 0 Å². The second-order valence-electron chi connectivity index (χ2n) is 34.6. The molecule has 49 heteroatoms. The number of sulfone groups is 3. The molecule has 9 amide bonds. The lowest BCUT2D eigenvalue weighted by Crippen LogP contribution is -2.27. The molecule has 0 atom stereocenters. The molecule has 786 valence electrons. The number of rotatable bonds is 14. The summed E-state index contributed by atoms with van der Waals surface area (Å²) < 4.78 is 101. The highest BCUT2D eigenvalue weighted by atomic mass is 79.9. The molecule has 18 rings (SSSR count). The highest BCUT2D eigenvalue weighted by Gasteiger charge is 2.36. The number of hydrogen-bond donors (Lipinski definition) is 11. The molecule has 1 fully saturated rings. The molecule has 0 unspecified atom stereocenters. The molecule has 0 bridgehead atoms. The SMILES string of the molecule is C.C1CCOC1.CC(C)(C)OC(=O)Nc1ccc(-c2ncc(CNC(=O)c3ccc4c(c3)NC(=O)c3ccccc3S4(=O)=O)s2)nc1.CC(C)(C)OC(=O)Nc1ccc(Br)nc1.Cc1ccc(NC(=O)OC(C)(C)C)cn1.ClCCl.Nc1ccc(-c2ncc(CNC(=O)c3ccc4c(c3)NC(=O)c3ccccc3S4(=O)=O)s2)nc1.Nc1ccc(Br)nc1.O=C(NCc1cnc(Cl)s1)c1ccc2c(c1)NC(=O)c1ccccc1S2(=O)=O. The summed E-state index contributed by atoms with van der Waals surface area (Å²) in [6, 6.07) is 47.8. The molecular formula is C101H102Br2Cl3N19O19S6. The number of aromatic nitrogens is 8. The van der Waals surface area contributed by atoms with Crippen molar-refractivity contribution in [3.63, 3.8) is 0 Å². The van der Waals surface area contributed by atoms with Crippen molar-refractivity contribution in [1.29, 1.82) is 0 Å². The van der Waals surface area contributed by atoms with Gasteiger partial charge in [-0.25, -0.2) is 64.6 Å². The number of nitrogens with one attached hydrogen (secondary N) is 9. The summed E-state index contributed by atoms with van der Waals surface area (Å²) in [5, 5.41) is 25.4. The molecule has 4 aliphatic rings. The van der Waals surface area contributed by atoms with Gasteiger partial charge in [-0.05, 0) is 266 Å². The van der Waals surface area contributed by atoms with Gasteiger partial charge in [-0.3, -0.25) is 59.7 Å². The molecule has 0 radical (unpaired) electrons. The minimum atomic E-state index is -3.96. The summed E-state index contributed by atoms with van der Waals surface area (Å²) in [5.41, 5.74) is 15.5. The Hall–Kier alpha value is -14.2. The zero-order valence-corrected chi connectivity index (χ0v) is 91.3. The van der Waals surface area contributed by atoms with E-state index in [0.29, 0.717) is 54.3 Å². The number of aryl methyl sites for hydroxylation is 1. The number of fused-ring (bicyclic) bond motifs is 6. The summed E-state index contributed by atoms with van der Waals surface area (Å²) in [6.07, 6.45) is 13.7. The maximum atomic E-state index is 13.2. The number of benzene rings is 6. The third-order valence-electron chi connectivity index (χ3n) is 19.6. The Labute approximate surface area is 908 Å². The third-order valence-corrected chi connectivity index (χ3v) is 29.3. The van der Waals surface area contributed by atoms with Crippen LogP contribution in [0.2, 0.25) is 4.47 Å². The largest absolute Gasteiger partial charge is 0.444 e. The molecule has 1 saturated heterocycles. The van der Waals surface area contributed by atoms with E-state index in [4.69, 9.17) is 65.2 Å². The molecule has 38 nitrogen and oxygen atoms in total. The van der Waals surface area contributed by atoms with Crippen molar-refractivity contribution >= 4 is 229 Å². The van der Waals surface area contributed by atoms with Crippen molar-refractivity contribution in [3.05, 3.63) is 305 Å². The number of hydrogen-bond acceptors (Lipinski definition) is 32. The molecule has 0 aliphatic carbocycles. The van der Waals surface area contributed by atoms with Crippen LogP contribution in [-0.4, -0.2) is 154 Å². The van der Waals surface area contributed by atoms with E-state index in [-0.39, 0.29) is 112 Å². The zero-order valence-electron chi connectivity index (χ0n) is 81.0. The Morgan fingerprint density at radius 3 is 1.01 bits per heavy atom. The number of nitrogens with zero attached hydrogens (tertiary/aromatic N) is 8. The van der Waals surface area contributed by atoms with Gasteiger partial charge in [0.25, 0.3) is 35.4 Å². The predicted molar refractivity (Wildman–Crippen MR) is 585 cm³/mol. The van der Waals surface area contributed by atoms with Gasteiger partial charge in [0.2, 0.25) is 29.5 Å². The van der Waals surface area contributed by atoms with Crippen molar-refractivity contribution in [2.75, 3.05) is 61.9 Å². The number of anilines is 8. The maximum absolute atomic E-state index is 13.2. The monoisotopic (exact) mass is 2340 g/mol. The number of carbonyl (C=O) groups is 9. The smallest absolute Gasteiger partial charge is 0.412 e. The van der Waals surface area contributed by atoms with Crippen molar-refractivity contribution in [2.24, 2.45) is 0 Å². The van der Waals surface area contributed by atoms with Gasteiger partial charge in [0.15, 0.2) is 4.47 Å². The van der Waals surface area contributed by atoms with E-state index in [9.17, 15) is 68.4 Å². The number of ether oxygens (including phenoxy) is 4. The summed E-state index contributed by atoms with van der Waals surface area (Å²) in [4.78, 5) is 145. The van der Waals surface area contributed by atoms with E-state index in [1.54, 1.807) is 155 Å². The molecule has 0 spiro atoms. The fourth-order valence-corrected chi connectivity index (χ4v) is 20.9. The normalized spacial score (nSPS) is 13.2. The van der Waals surface area contributed by atoms with Crippen molar-refractivity contribution in [1.82, 2.24) is 55.8 Å². The first-order valence-corrected chi connectivity index (χ1v) is 54.5. The number of amides is 9. The van der Waals surface area contributed by atoms with Gasteiger partial charge in [-0.2, -0.15) is 0 Å². The van der Waals surface area contributed by atoms with E-state index < -0.39 is 100 Å². The number of nitrogen functional groups attached to an aromatic ring is 2. The molecule has 14 aromatic rings. The molecule has 150 heavy (non-hydrogen) atoms. The average Bonchev–Trinajstić information content (AvgIpc) is 1.61. The first-order valence-electron chi connectivity index (χ1n) is 44.6. The first kappa shape index (κ1) is 118. The fraction of sp³-hybridized carbons (Fsp3) is 0.218. The van der Waals surface area contributed by atoms with Crippen LogP contribution in [-0.2, 0) is 68.1 Å². The average molecular weight is 2340 g/mol. The lowest BCUT2D eigenvalue weighted by atomic mass is 10.1. The Morgan fingerprint density at radius 1 is 0.400 bits per heavy atom. The van der Waals surface area contributed by atoms with E-state index >= 15 is 0 Å². The first-order chi connectivity index (χ1) is 70.5. The van der Waals surface area contributed by atoms with Crippen LogP contribution in [0.25, 0.3) is 21.4 Å². The van der Waals surface area contributed by atoms with Gasteiger partial charge < -0.3 is 62.3 Å². The van der Waals surface area contributed by atoms with Gasteiger partial charge in [0, 0.05) is 68.8 Å². The topological polar surface area (TPSA) is 556 Å². The molecule has 12 heterocycles. The minimum absolute atomic E-state index is 0. The number of nitrogens with two attached hydrogens (primary N) is 2. The van der Waals surface area contributed by atoms with Crippen LogP contribution < -0.4 is 59.3 Å². The second kappa shape index (κ2) is 53.3.